The van der Waals surface area contributed by atoms with E-state index in [1.54, 1.807) is 0 Å². The highest BCUT2D eigenvalue weighted by atomic mass is 16.2. The Morgan fingerprint density at radius 2 is 1.44 bits per heavy atom. The number of hydrogen-bond acceptors (Lipinski definition) is 4. The predicted octanol–water partition coefficient (Wildman–Crippen LogP) is 3.37. The van der Waals surface area contributed by atoms with Crippen LogP contribution in [0, 0.1) is 19.8 Å². The lowest BCUT2D eigenvalue weighted by molar-refractivity contribution is -0.124. The SMILES string of the molecule is Cc1cccc(NC(=O)CN2CCN(CC(=O)NC(c3ccccc3)C(C)C)CC2)c1C. The zero-order chi connectivity index (χ0) is 23.1. The van der Waals surface area contributed by atoms with E-state index in [4.69, 9.17) is 0 Å². The van der Waals surface area contributed by atoms with E-state index in [1.165, 1.54) is 5.56 Å². The minimum atomic E-state index is 0.00697. The highest BCUT2D eigenvalue weighted by molar-refractivity contribution is 5.93. The molecule has 1 atom stereocenters. The van der Waals surface area contributed by atoms with Crippen molar-refractivity contribution in [2.75, 3.05) is 44.6 Å². The molecule has 3 rings (SSSR count). The molecular weight excluding hydrogens is 400 g/mol. The first-order valence-corrected chi connectivity index (χ1v) is 11.5. The lowest BCUT2D eigenvalue weighted by Gasteiger charge is -2.34. The number of benzene rings is 2. The third kappa shape index (κ3) is 6.65. The molecule has 1 fully saturated rings. The van der Waals surface area contributed by atoms with Gasteiger partial charge in [0.1, 0.15) is 0 Å². The van der Waals surface area contributed by atoms with Crippen LogP contribution in [-0.2, 0) is 9.59 Å². The third-order valence-electron chi connectivity index (χ3n) is 6.22. The quantitative estimate of drug-likeness (QED) is 0.666. The molecule has 6 nitrogen and oxygen atoms in total. The molecule has 6 heteroatoms. The van der Waals surface area contributed by atoms with Gasteiger partial charge in [0, 0.05) is 31.9 Å². The van der Waals surface area contributed by atoms with Crippen molar-refractivity contribution < 1.29 is 9.59 Å². The predicted molar refractivity (Wildman–Crippen MR) is 130 cm³/mol. The average molecular weight is 437 g/mol. The number of anilines is 1. The van der Waals surface area contributed by atoms with Crippen LogP contribution in [0.15, 0.2) is 48.5 Å². The van der Waals surface area contributed by atoms with Crippen LogP contribution in [-0.4, -0.2) is 60.9 Å². The molecule has 1 unspecified atom stereocenters. The third-order valence-corrected chi connectivity index (χ3v) is 6.22. The lowest BCUT2D eigenvalue weighted by Crippen LogP contribution is -2.51. The summed E-state index contributed by atoms with van der Waals surface area (Å²) in [6, 6.07) is 16.1. The fourth-order valence-electron chi connectivity index (χ4n) is 4.10. The van der Waals surface area contributed by atoms with Crippen molar-refractivity contribution >= 4 is 17.5 Å². The fourth-order valence-corrected chi connectivity index (χ4v) is 4.10. The van der Waals surface area contributed by atoms with E-state index < -0.39 is 0 Å². The van der Waals surface area contributed by atoms with Gasteiger partial charge in [-0.3, -0.25) is 19.4 Å². The Morgan fingerprint density at radius 1 is 0.844 bits per heavy atom. The summed E-state index contributed by atoms with van der Waals surface area (Å²) in [5, 5.41) is 6.23. The highest BCUT2D eigenvalue weighted by Gasteiger charge is 2.23. The Morgan fingerprint density at radius 3 is 2.03 bits per heavy atom. The van der Waals surface area contributed by atoms with Gasteiger partial charge in [0.2, 0.25) is 11.8 Å². The topological polar surface area (TPSA) is 64.7 Å². The largest absolute Gasteiger partial charge is 0.348 e. The molecule has 172 valence electrons. The molecular formula is C26H36N4O2. The number of amides is 2. The van der Waals surface area contributed by atoms with Crippen molar-refractivity contribution in [3.8, 4) is 0 Å². The maximum absolute atomic E-state index is 12.7. The summed E-state index contributed by atoms with van der Waals surface area (Å²) in [6.07, 6.45) is 0. The van der Waals surface area contributed by atoms with Crippen molar-refractivity contribution in [2.45, 2.75) is 33.7 Å². The van der Waals surface area contributed by atoms with Gasteiger partial charge in [0.15, 0.2) is 0 Å². The molecule has 2 N–H and O–H groups in total. The molecule has 1 aliphatic rings. The monoisotopic (exact) mass is 436 g/mol. The van der Waals surface area contributed by atoms with E-state index in [2.05, 4.69) is 46.4 Å². The number of piperazine rings is 1. The summed E-state index contributed by atoms with van der Waals surface area (Å²) in [5.41, 5.74) is 4.28. The summed E-state index contributed by atoms with van der Waals surface area (Å²) >= 11 is 0. The van der Waals surface area contributed by atoms with Crippen molar-refractivity contribution in [3.05, 3.63) is 65.2 Å². The van der Waals surface area contributed by atoms with E-state index in [0.717, 1.165) is 43.0 Å². The van der Waals surface area contributed by atoms with Crippen molar-refractivity contribution in [1.82, 2.24) is 15.1 Å². The van der Waals surface area contributed by atoms with Crippen LogP contribution in [0.25, 0.3) is 0 Å². The van der Waals surface area contributed by atoms with Gasteiger partial charge in [-0.1, -0.05) is 56.3 Å². The van der Waals surface area contributed by atoms with Gasteiger partial charge >= 0.3 is 0 Å². The van der Waals surface area contributed by atoms with Crippen LogP contribution < -0.4 is 10.6 Å². The Balaban J connectivity index is 1.43. The molecule has 1 aliphatic heterocycles. The first-order valence-electron chi connectivity index (χ1n) is 11.5. The van der Waals surface area contributed by atoms with Crippen LogP contribution in [0.3, 0.4) is 0 Å². The Kier molecular flexibility index (Phi) is 8.42. The zero-order valence-electron chi connectivity index (χ0n) is 19.7. The summed E-state index contributed by atoms with van der Waals surface area (Å²) in [6.45, 7) is 12.2. The molecule has 1 saturated heterocycles. The van der Waals surface area contributed by atoms with E-state index in [1.807, 2.05) is 50.2 Å². The number of rotatable bonds is 8. The van der Waals surface area contributed by atoms with Crippen LogP contribution in [0.2, 0.25) is 0 Å². The molecule has 0 aromatic heterocycles. The van der Waals surface area contributed by atoms with Crippen LogP contribution in [0.1, 0.15) is 36.6 Å². The molecule has 1 heterocycles. The van der Waals surface area contributed by atoms with Crippen LogP contribution in [0.4, 0.5) is 5.69 Å². The van der Waals surface area contributed by atoms with Gasteiger partial charge in [-0.25, -0.2) is 0 Å². The minimum absolute atomic E-state index is 0.00697. The number of hydrogen-bond donors (Lipinski definition) is 2. The highest BCUT2D eigenvalue weighted by Crippen LogP contribution is 2.21. The molecule has 32 heavy (non-hydrogen) atoms. The molecule has 0 aliphatic carbocycles. The average Bonchev–Trinajstić information content (AvgIpc) is 2.77. The maximum atomic E-state index is 12.7. The second kappa shape index (κ2) is 11.2. The van der Waals surface area contributed by atoms with Gasteiger partial charge in [0.25, 0.3) is 0 Å². The normalized spacial score (nSPS) is 16.0. The fraction of sp³-hybridized carbons (Fsp3) is 0.462. The molecule has 0 spiro atoms. The van der Waals surface area contributed by atoms with E-state index in [0.29, 0.717) is 19.0 Å². The maximum Gasteiger partial charge on any atom is 0.238 e. The molecule has 0 radical (unpaired) electrons. The van der Waals surface area contributed by atoms with Gasteiger partial charge in [-0.2, -0.15) is 0 Å². The standard InChI is InChI=1S/C26H36N4O2/c1-19(2)26(22-10-6-5-7-11-22)28-25(32)18-30-15-13-29(14-16-30)17-24(31)27-23-12-8-9-20(3)21(23)4/h5-12,19,26H,13-18H2,1-4H3,(H,27,31)(H,28,32). The van der Waals surface area contributed by atoms with Gasteiger partial charge < -0.3 is 10.6 Å². The van der Waals surface area contributed by atoms with Crippen molar-refractivity contribution in [3.63, 3.8) is 0 Å². The molecule has 2 amide bonds. The Hall–Kier alpha value is -2.70. The summed E-state index contributed by atoms with van der Waals surface area (Å²) in [4.78, 5) is 29.5. The first kappa shape index (κ1) is 24.0. The zero-order valence-corrected chi connectivity index (χ0v) is 19.7. The molecule has 0 bridgehead atoms. The smallest absolute Gasteiger partial charge is 0.238 e. The molecule has 0 saturated carbocycles. The van der Waals surface area contributed by atoms with Crippen molar-refractivity contribution in [2.24, 2.45) is 5.92 Å². The number of nitrogens with zero attached hydrogens (tertiary/aromatic N) is 2. The second-order valence-electron chi connectivity index (χ2n) is 9.05. The second-order valence-corrected chi connectivity index (χ2v) is 9.05. The van der Waals surface area contributed by atoms with Crippen LogP contribution >= 0.6 is 0 Å². The molecule has 2 aromatic carbocycles. The van der Waals surface area contributed by atoms with E-state index in [9.17, 15) is 9.59 Å². The van der Waals surface area contributed by atoms with Crippen LogP contribution in [0.5, 0.6) is 0 Å². The Bertz CT molecular complexity index is 905. The van der Waals surface area contributed by atoms with Crippen molar-refractivity contribution in [1.29, 1.82) is 0 Å². The van der Waals surface area contributed by atoms with E-state index in [-0.39, 0.29) is 17.9 Å². The lowest BCUT2D eigenvalue weighted by atomic mass is 9.96. The number of carbonyl (C=O) groups is 2. The number of nitrogens with one attached hydrogen (secondary N) is 2. The minimum Gasteiger partial charge on any atom is -0.348 e. The number of carbonyl (C=O) groups excluding carboxylic acids is 2. The molecule has 2 aromatic rings. The van der Waals surface area contributed by atoms with Gasteiger partial charge in [-0.15, -0.1) is 0 Å². The first-order chi connectivity index (χ1) is 15.3. The summed E-state index contributed by atoms with van der Waals surface area (Å²) in [5.74, 6) is 0.370. The summed E-state index contributed by atoms with van der Waals surface area (Å²) in [7, 11) is 0. The summed E-state index contributed by atoms with van der Waals surface area (Å²) < 4.78 is 0. The van der Waals surface area contributed by atoms with Gasteiger partial charge in [0.05, 0.1) is 19.1 Å². The number of aryl methyl sites for hydroxylation is 1. The Labute approximate surface area is 192 Å². The van der Waals surface area contributed by atoms with E-state index >= 15 is 0 Å². The van der Waals surface area contributed by atoms with Gasteiger partial charge in [-0.05, 0) is 42.5 Å².